The topological polar surface area (TPSA) is 0 Å². The summed E-state index contributed by atoms with van der Waals surface area (Å²) in [6.07, 6.45) is 4.46. The smallest absolute Gasteiger partial charge is 0.0621 e. The lowest BCUT2D eigenvalue weighted by Gasteiger charge is -2.18. The normalized spacial score (nSPS) is 40.3. The second-order valence-corrected chi connectivity index (χ2v) is 8.25. The molecule has 0 aromatic heterocycles. The lowest BCUT2D eigenvalue weighted by atomic mass is 9.94. The van der Waals surface area contributed by atoms with Crippen LogP contribution in [0.4, 0.5) is 0 Å². The number of alkyl halides is 1. The molecular formula is C17H20BrCl. The van der Waals surface area contributed by atoms with Crippen molar-refractivity contribution in [2.24, 2.45) is 29.6 Å². The van der Waals surface area contributed by atoms with Crippen molar-refractivity contribution in [2.45, 2.75) is 38.5 Å². The number of benzene rings is 1. The van der Waals surface area contributed by atoms with Crippen LogP contribution in [0.3, 0.4) is 0 Å². The Morgan fingerprint density at radius 2 is 1.74 bits per heavy atom. The Balaban J connectivity index is 1.62. The minimum atomic E-state index is 0.241. The molecule has 0 aliphatic heterocycles. The minimum Gasteiger partial charge on any atom is -0.117 e. The number of hydrogen-bond acceptors (Lipinski definition) is 0. The molecule has 3 aliphatic carbocycles. The van der Waals surface area contributed by atoms with Gasteiger partial charge in [0.25, 0.3) is 0 Å². The van der Waals surface area contributed by atoms with E-state index in [1.807, 2.05) is 0 Å². The Bertz CT molecular complexity index is 522. The molecule has 3 saturated carbocycles. The molecule has 0 nitrogen and oxygen atoms in total. The van der Waals surface area contributed by atoms with Gasteiger partial charge >= 0.3 is 0 Å². The van der Waals surface area contributed by atoms with Crippen LogP contribution in [0.1, 0.15) is 41.3 Å². The molecule has 3 fully saturated rings. The molecule has 0 radical (unpaired) electrons. The van der Waals surface area contributed by atoms with E-state index in [0.717, 1.165) is 29.6 Å². The zero-order valence-corrected chi connectivity index (χ0v) is 13.8. The fourth-order valence-electron chi connectivity index (χ4n) is 5.09. The van der Waals surface area contributed by atoms with Crippen molar-refractivity contribution in [1.29, 1.82) is 0 Å². The molecule has 0 amide bonds. The van der Waals surface area contributed by atoms with E-state index >= 15 is 0 Å². The van der Waals surface area contributed by atoms with Crippen molar-refractivity contribution < 1.29 is 0 Å². The third-order valence-electron chi connectivity index (χ3n) is 5.98. The van der Waals surface area contributed by atoms with Crippen molar-refractivity contribution in [1.82, 2.24) is 0 Å². The van der Waals surface area contributed by atoms with Gasteiger partial charge in [-0.15, -0.1) is 11.6 Å². The van der Waals surface area contributed by atoms with Crippen LogP contribution < -0.4 is 0 Å². The molecule has 1 aromatic carbocycles. The Morgan fingerprint density at radius 1 is 1.11 bits per heavy atom. The summed E-state index contributed by atoms with van der Waals surface area (Å²) in [4.78, 5) is 0. The predicted molar refractivity (Wildman–Crippen MR) is 83.5 cm³/mol. The lowest BCUT2D eigenvalue weighted by Crippen LogP contribution is -2.06. The van der Waals surface area contributed by atoms with Gasteiger partial charge < -0.3 is 0 Å². The van der Waals surface area contributed by atoms with Gasteiger partial charge in [0.1, 0.15) is 0 Å². The second-order valence-electron chi connectivity index (χ2n) is 6.93. The van der Waals surface area contributed by atoms with E-state index in [1.54, 1.807) is 0 Å². The average molecular weight is 340 g/mol. The molecule has 5 unspecified atom stereocenters. The zero-order valence-electron chi connectivity index (χ0n) is 11.5. The zero-order chi connectivity index (χ0) is 13.3. The maximum absolute atomic E-state index is 6.88. The van der Waals surface area contributed by atoms with E-state index in [4.69, 9.17) is 11.6 Å². The number of rotatable bonds is 2. The second kappa shape index (κ2) is 4.24. The number of aryl methyl sites for hydroxylation is 2. The van der Waals surface area contributed by atoms with Crippen LogP contribution in [0.25, 0.3) is 0 Å². The molecule has 0 N–H and O–H groups in total. The van der Waals surface area contributed by atoms with Crippen LogP contribution in [0.2, 0.25) is 0 Å². The van der Waals surface area contributed by atoms with E-state index in [-0.39, 0.29) is 5.38 Å². The first kappa shape index (κ1) is 12.7. The van der Waals surface area contributed by atoms with Crippen molar-refractivity contribution in [3.8, 4) is 0 Å². The van der Waals surface area contributed by atoms with E-state index in [1.165, 1.54) is 40.4 Å². The quantitative estimate of drug-likeness (QED) is 0.612. The highest BCUT2D eigenvalue weighted by atomic mass is 79.9. The van der Waals surface area contributed by atoms with Gasteiger partial charge in [-0.25, -0.2) is 0 Å². The first-order valence-corrected chi connectivity index (χ1v) is 8.71. The molecule has 102 valence electrons. The fourth-order valence-corrected chi connectivity index (χ4v) is 6.12. The highest BCUT2D eigenvalue weighted by molar-refractivity contribution is 9.10. The van der Waals surface area contributed by atoms with Crippen LogP contribution in [-0.2, 0) is 0 Å². The van der Waals surface area contributed by atoms with Crippen molar-refractivity contribution >= 4 is 27.5 Å². The van der Waals surface area contributed by atoms with Gasteiger partial charge in [0.2, 0.25) is 0 Å². The highest BCUT2D eigenvalue weighted by Crippen LogP contribution is 2.73. The maximum atomic E-state index is 6.88. The summed E-state index contributed by atoms with van der Waals surface area (Å²) in [5.41, 5.74) is 4.02. The van der Waals surface area contributed by atoms with Gasteiger partial charge in [-0.05, 0) is 85.5 Å². The van der Waals surface area contributed by atoms with Crippen LogP contribution in [0.15, 0.2) is 16.6 Å². The first-order chi connectivity index (χ1) is 9.08. The van der Waals surface area contributed by atoms with Gasteiger partial charge in [0.15, 0.2) is 0 Å². The summed E-state index contributed by atoms with van der Waals surface area (Å²) in [5, 5.41) is 0.241. The summed E-state index contributed by atoms with van der Waals surface area (Å²) in [6, 6.07) is 4.53. The molecule has 0 heterocycles. The van der Waals surface area contributed by atoms with Gasteiger partial charge in [-0.2, -0.15) is 0 Å². The monoisotopic (exact) mass is 338 g/mol. The van der Waals surface area contributed by atoms with Gasteiger partial charge in [0.05, 0.1) is 5.38 Å². The molecule has 19 heavy (non-hydrogen) atoms. The van der Waals surface area contributed by atoms with Crippen LogP contribution >= 0.6 is 27.5 Å². The van der Waals surface area contributed by atoms with Crippen molar-refractivity contribution in [2.75, 3.05) is 0 Å². The highest BCUT2D eigenvalue weighted by Gasteiger charge is 2.66. The predicted octanol–water partition coefficient (Wildman–Crippen LogP) is 5.64. The number of halogens is 2. The third kappa shape index (κ3) is 1.77. The summed E-state index contributed by atoms with van der Waals surface area (Å²) >= 11 is 10.5. The Kier molecular flexibility index (Phi) is 2.84. The fraction of sp³-hybridized carbons (Fsp3) is 0.647. The van der Waals surface area contributed by atoms with Crippen LogP contribution in [-0.4, -0.2) is 0 Å². The largest absolute Gasteiger partial charge is 0.117 e. The SMILES string of the molecule is Cc1cc(C(Cl)C2C3C4CCC(C4)C32)c(C)cc1Br. The third-order valence-corrected chi connectivity index (χ3v) is 7.36. The molecule has 5 atom stereocenters. The Hall–Kier alpha value is -0.0100. The van der Waals surface area contributed by atoms with E-state index in [9.17, 15) is 0 Å². The van der Waals surface area contributed by atoms with Crippen molar-refractivity contribution in [3.05, 3.63) is 33.3 Å². The average Bonchev–Trinajstić information content (AvgIpc) is 2.81. The molecular weight excluding hydrogens is 320 g/mol. The van der Waals surface area contributed by atoms with E-state index < -0.39 is 0 Å². The van der Waals surface area contributed by atoms with E-state index in [2.05, 4.69) is 41.9 Å². The summed E-state index contributed by atoms with van der Waals surface area (Å²) in [6.45, 7) is 4.36. The Morgan fingerprint density at radius 3 is 2.37 bits per heavy atom. The number of fused-ring (bicyclic) bond motifs is 5. The van der Waals surface area contributed by atoms with Gasteiger partial charge in [0, 0.05) is 4.47 Å². The van der Waals surface area contributed by atoms with Crippen molar-refractivity contribution in [3.63, 3.8) is 0 Å². The number of hydrogen-bond donors (Lipinski definition) is 0. The molecule has 3 aliphatic rings. The molecule has 4 rings (SSSR count). The minimum absolute atomic E-state index is 0.241. The molecule has 2 bridgehead atoms. The lowest BCUT2D eigenvalue weighted by molar-refractivity contribution is 0.454. The standard InChI is InChI=1S/C17H20BrCl/c1-8-6-13(18)9(2)5-12(8)17(19)16-14-10-3-4-11(7-10)15(14)16/h5-6,10-11,14-17H,3-4,7H2,1-2H3. The van der Waals surface area contributed by atoms with Crippen LogP contribution in [0, 0.1) is 43.4 Å². The Labute approximate surface area is 129 Å². The summed E-state index contributed by atoms with van der Waals surface area (Å²) in [7, 11) is 0. The van der Waals surface area contributed by atoms with E-state index in [0.29, 0.717) is 0 Å². The van der Waals surface area contributed by atoms with Gasteiger partial charge in [-0.3, -0.25) is 0 Å². The molecule has 0 saturated heterocycles. The first-order valence-electron chi connectivity index (χ1n) is 7.48. The van der Waals surface area contributed by atoms with Gasteiger partial charge in [-0.1, -0.05) is 22.0 Å². The van der Waals surface area contributed by atoms with Crippen LogP contribution in [0.5, 0.6) is 0 Å². The maximum Gasteiger partial charge on any atom is 0.0621 e. The summed E-state index contributed by atoms with van der Waals surface area (Å²) in [5.74, 6) is 4.72. The summed E-state index contributed by atoms with van der Waals surface area (Å²) < 4.78 is 1.20. The molecule has 1 aromatic rings. The molecule has 0 spiro atoms. The molecule has 2 heteroatoms.